The highest BCUT2D eigenvalue weighted by molar-refractivity contribution is 6.18. The largest absolute Gasteiger partial charge is 0.261 e. The summed E-state index contributed by atoms with van der Waals surface area (Å²) in [5.74, 6) is -0.364. The Bertz CT molecular complexity index is 805. The average molecular weight is 305 g/mol. The maximum atomic E-state index is 13.4. The summed E-state index contributed by atoms with van der Waals surface area (Å²) < 4.78 is 26.7. The van der Waals surface area contributed by atoms with Gasteiger partial charge in [-0.15, -0.1) is 11.6 Å². The molecule has 1 aromatic carbocycles. The van der Waals surface area contributed by atoms with Gasteiger partial charge in [-0.25, -0.2) is 8.78 Å². The number of fused-ring (bicyclic) bond motifs is 1. The third-order valence-electron chi connectivity index (χ3n) is 3.20. The predicted octanol–water partition coefficient (Wildman–Crippen LogP) is 4.36. The number of pyridine rings is 2. The molecule has 3 aromatic rings. The van der Waals surface area contributed by atoms with Crippen LogP contribution in [0.5, 0.6) is 0 Å². The molecule has 2 aromatic heterocycles. The van der Waals surface area contributed by atoms with E-state index >= 15 is 0 Å². The molecule has 0 radical (unpaired) electrons. The molecule has 0 saturated heterocycles. The molecular weight excluding hydrogens is 294 g/mol. The van der Waals surface area contributed by atoms with Gasteiger partial charge in [0.1, 0.15) is 11.6 Å². The zero-order valence-corrected chi connectivity index (χ0v) is 11.7. The lowest BCUT2D eigenvalue weighted by Crippen LogP contribution is -1.98. The first-order valence-electron chi connectivity index (χ1n) is 6.43. The topological polar surface area (TPSA) is 25.8 Å². The standard InChI is InChI=1S/C16H11ClF2N2/c17-4-3-16-14(11-6-13(19)9-20-8-11)7-10-5-12(18)1-2-15(10)21-16/h1-2,5-9H,3-4H2. The fourth-order valence-corrected chi connectivity index (χ4v) is 2.46. The molecule has 5 heteroatoms. The Labute approximate surface area is 125 Å². The van der Waals surface area contributed by atoms with Crippen molar-refractivity contribution in [3.8, 4) is 11.1 Å². The minimum atomic E-state index is -0.427. The van der Waals surface area contributed by atoms with Crippen LogP contribution in [0.3, 0.4) is 0 Å². The van der Waals surface area contributed by atoms with Crippen LogP contribution in [0.2, 0.25) is 0 Å². The molecule has 0 aliphatic heterocycles. The first-order chi connectivity index (χ1) is 10.2. The second-order valence-corrected chi connectivity index (χ2v) is 5.03. The van der Waals surface area contributed by atoms with Gasteiger partial charge in [-0.2, -0.15) is 0 Å². The molecule has 0 saturated carbocycles. The van der Waals surface area contributed by atoms with Crippen molar-refractivity contribution in [3.05, 3.63) is 60.1 Å². The van der Waals surface area contributed by atoms with Gasteiger partial charge in [0.05, 0.1) is 17.4 Å². The van der Waals surface area contributed by atoms with Gasteiger partial charge in [0.25, 0.3) is 0 Å². The molecule has 2 heterocycles. The van der Waals surface area contributed by atoms with Crippen molar-refractivity contribution in [2.24, 2.45) is 0 Å². The summed E-state index contributed by atoms with van der Waals surface area (Å²) in [6.07, 6.45) is 3.24. The molecule has 0 bridgehead atoms. The van der Waals surface area contributed by atoms with E-state index in [1.54, 1.807) is 18.3 Å². The number of rotatable bonds is 3. The van der Waals surface area contributed by atoms with Crippen LogP contribution in [-0.2, 0) is 6.42 Å². The van der Waals surface area contributed by atoms with Gasteiger partial charge in [0, 0.05) is 35.0 Å². The van der Waals surface area contributed by atoms with E-state index in [2.05, 4.69) is 9.97 Å². The fraction of sp³-hybridized carbons (Fsp3) is 0.125. The monoisotopic (exact) mass is 304 g/mol. The summed E-state index contributed by atoms with van der Waals surface area (Å²) in [5.41, 5.74) is 2.76. The first-order valence-corrected chi connectivity index (χ1v) is 6.97. The number of benzene rings is 1. The van der Waals surface area contributed by atoms with Gasteiger partial charge in [-0.1, -0.05) is 0 Å². The van der Waals surface area contributed by atoms with Gasteiger partial charge < -0.3 is 0 Å². The normalized spacial score (nSPS) is 11.0. The Morgan fingerprint density at radius 3 is 2.62 bits per heavy atom. The summed E-state index contributed by atoms with van der Waals surface area (Å²) in [6, 6.07) is 7.57. The molecule has 2 nitrogen and oxygen atoms in total. The van der Waals surface area contributed by atoms with Crippen molar-refractivity contribution in [3.63, 3.8) is 0 Å². The van der Waals surface area contributed by atoms with E-state index in [1.807, 2.05) is 0 Å². The molecule has 0 fully saturated rings. The van der Waals surface area contributed by atoms with Gasteiger partial charge in [-0.05, 0) is 30.3 Å². The van der Waals surface area contributed by atoms with Crippen LogP contribution in [0.4, 0.5) is 8.78 Å². The molecule has 0 N–H and O–H groups in total. The van der Waals surface area contributed by atoms with E-state index in [9.17, 15) is 8.78 Å². The Morgan fingerprint density at radius 2 is 1.86 bits per heavy atom. The van der Waals surface area contributed by atoms with E-state index in [0.717, 1.165) is 17.5 Å². The van der Waals surface area contributed by atoms with Crippen LogP contribution in [0.15, 0.2) is 42.7 Å². The van der Waals surface area contributed by atoms with Crippen molar-refractivity contribution < 1.29 is 8.78 Å². The van der Waals surface area contributed by atoms with E-state index in [1.165, 1.54) is 18.2 Å². The fourth-order valence-electron chi connectivity index (χ4n) is 2.28. The van der Waals surface area contributed by atoms with Gasteiger partial charge in [-0.3, -0.25) is 9.97 Å². The van der Waals surface area contributed by atoms with Crippen LogP contribution < -0.4 is 0 Å². The molecule has 106 valence electrons. The molecule has 3 rings (SSSR count). The number of aryl methyl sites for hydroxylation is 1. The minimum Gasteiger partial charge on any atom is -0.261 e. The Hall–Kier alpha value is -2.07. The smallest absolute Gasteiger partial charge is 0.142 e. The lowest BCUT2D eigenvalue weighted by atomic mass is 10.0. The Kier molecular flexibility index (Phi) is 3.80. The van der Waals surface area contributed by atoms with E-state index in [0.29, 0.717) is 28.8 Å². The summed E-state index contributed by atoms with van der Waals surface area (Å²) in [6.45, 7) is 0. The Morgan fingerprint density at radius 1 is 1.00 bits per heavy atom. The lowest BCUT2D eigenvalue weighted by molar-refractivity contribution is 0.622. The highest BCUT2D eigenvalue weighted by atomic mass is 35.5. The number of hydrogen-bond donors (Lipinski definition) is 0. The van der Waals surface area contributed by atoms with Crippen molar-refractivity contribution >= 4 is 22.5 Å². The molecular formula is C16H11ClF2N2. The molecule has 0 aliphatic rings. The molecule has 0 amide bonds. The van der Waals surface area contributed by atoms with Crippen LogP contribution in [0.1, 0.15) is 5.69 Å². The Balaban J connectivity index is 2.25. The number of aromatic nitrogens is 2. The van der Waals surface area contributed by atoms with E-state index < -0.39 is 5.82 Å². The third-order valence-corrected chi connectivity index (χ3v) is 3.39. The quantitative estimate of drug-likeness (QED) is 0.672. The highest BCUT2D eigenvalue weighted by Crippen LogP contribution is 2.27. The number of hydrogen-bond acceptors (Lipinski definition) is 2. The average Bonchev–Trinajstić information content (AvgIpc) is 2.47. The van der Waals surface area contributed by atoms with E-state index in [4.69, 9.17) is 11.6 Å². The van der Waals surface area contributed by atoms with Gasteiger partial charge in [0.2, 0.25) is 0 Å². The molecule has 0 atom stereocenters. The lowest BCUT2D eigenvalue weighted by Gasteiger charge is -2.10. The van der Waals surface area contributed by atoms with Crippen LogP contribution in [0.25, 0.3) is 22.0 Å². The molecule has 0 aliphatic carbocycles. The van der Waals surface area contributed by atoms with Crippen molar-refractivity contribution in [2.45, 2.75) is 6.42 Å². The van der Waals surface area contributed by atoms with Crippen molar-refractivity contribution in [1.82, 2.24) is 9.97 Å². The summed E-state index contributed by atoms with van der Waals surface area (Å²) >= 11 is 5.81. The van der Waals surface area contributed by atoms with Crippen LogP contribution in [0, 0.1) is 11.6 Å². The van der Waals surface area contributed by atoms with Crippen LogP contribution in [-0.4, -0.2) is 15.8 Å². The van der Waals surface area contributed by atoms with Crippen molar-refractivity contribution in [2.75, 3.05) is 5.88 Å². The summed E-state index contributed by atoms with van der Waals surface area (Å²) in [7, 11) is 0. The SMILES string of the molecule is Fc1cncc(-c2cc3cc(F)ccc3nc2CCCl)c1. The molecule has 0 spiro atoms. The van der Waals surface area contributed by atoms with Crippen LogP contribution >= 0.6 is 11.6 Å². The molecule has 21 heavy (non-hydrogen) atoms. The summed E-state index contributed by atoms with van der Waals surface area (Å²) in [4.78, 5) is 8.36. The van der Waals surface area contributed by atoms with E-state index in [-0.39, 0.29) is 5.82 Å². The number of nitrogens with zero attached hydrogens (tertiary/aromatic N) is 2. The van der Waals surface area contributed by atoms with Gasteiger partial charge >= 0.3 is 0 Å². The highest BCUT2D eigenvalue weighted by Gasteiger charge is 2.10. The number of halogens is 3. The minimum absolute atomic E-state index is 0.335. The van der Waals surface area contributed by atoms with Gasteiger partial charge in [0.15, 0.2) is 0 Å². The zero-order chi connectivity index (χ0) is 14.8. The predicted molar refractivity (Wildman–Crippen MR) is 79.3 cm³/mol. The number of alkyl halides is 1. The zero-order valence-electron chi connectivity index (χ0n) is 11.0. The molecule has 0 unspecified atom stereocenters. The first kappa shape index (κ1) is 13.9. The maximum Gasteiger partial charge on any atom is 0.142 e. The third kappa shape index (κ3) is 2.85. The maximum absolute atomic E-state index is 13.4. The second kappa shape index (κ2) is 5.74. The van der Waals surface area contributed by atoms with Crippen molar-refractivity contribution in [1.29, 1.82) is 0 Å². The summed E-state index contributed by atoms with van der Waals surface area (Å²) in [5, 5.41) is 0.660. The second-order valence-electron chi connectivity index (χ2n) is 4.65.